The Morgan fingerprint density at radius 2 is 1.79 bits per heavy atom. The molecule has 0 N–H and O–H groups in total. The van der Waals surface area contributed by atoms with Gasteiger partial charge in [-0.25, -0.2) is 0 Å². The number of ether oxygens (including phenoxy) is 1. The van der Waals surface area contributed by atoms with Crippen molar-refractivity contribution < 1.29 is 19.1 Å². The summed E-state index contributed by atoms with van der Waals surface area (Å²) in [5.41, 5.74) is 0.703. The average molecular weight is 413 g/mol. The maximum atomic E-state index is 12.7. The summed E-state index contributed by atoms with van der Waals surface area (Å²) in [6, 6.07) is 11.1. The van der Waals surface area contributed by atoms with Crippen LogP contribution in [0.4, 0.5) is 5.69 Å². The standard InChI is InChI=1S/C21H23N3O4S/c1-15-20(26)24(16-5-2-3-6-17(16)28-15)9-8-19(25)22-10-12-23(13-11-22)21(27)18-7-4-14-29-18/h2-7,14-15H,8-13H2,1H3/t15-/m0/s1. The molecule has 1 aromatic heterocycles. The topological polar surface area (TPSA) is 70.2 Å². The van der Waals surface area contributed by atoms with Crippen LogP contribution in [0.3, 0.4) is 0 Å². The Morgan fingerprint density at radius 3 is 2.52 bits per heavy atom. The van der Waals surface area contributed by atoms with Gasteiger partial charge in [0, 0.05) is 39.1 Å². The van der Waals surface area contributed by atoms with Crippen LogP contribution in [0.15, 0.2) is 41.8 Å². The number of para-hydroxylation sites is 2. The minimum atomic E-state index is -0.563. The Balaban J connectivity index is 1.33. The molecule has 2 aromatic rings. The van der Waals surface area contributed by atoms with Crippen LogP contribution in [0, 0.1) is 0 Å². The van der Waals surface area contributed by atoms with Crippen LogP contribution >= 0.6 is 11.3 Å². The fourth-order valence-electron chi connectivity index (χ4n) is 3.67. The second-order valence-corrected chi connectivity index (χ2v) is 8.07. The van der Waals surface area contributed by atoms with Gasteiger partial charge in [0.2, 0.25) is 5.91 Å². The number of hydrogen-bond donors (Lipinski definition) is 0. The van der Waals surface area contributed by atoms with E-state index in [1.54, 1.807) is 21.6 Å². The summed E-state index contributed by atoms with van der Waals surface area (Å²) < 4.78 is 5.64. The number of nitrogens with zero attached hydrogens (tertiary/aromatic N) is 3. The molecule has 2 aliphatic rings. The number of anilines is 1. The molecule has 3 amide bonds. The van der Waals surface area contributed by atoms with Crippen molar-refractivity contribution in [2.45, 2.75) is 19.4 Å². The van der Waals surface area contributed by atoms with E-state index in [4.69, 9.17) is 4.74 Å². The number of fused-ring (bicyclic) bond motifs is 1. The number of piperazine rings is 1. The van der Waals surface area contributed by atoms with Gasteiger partial charge in [-0.05, 0) is 30.5 Å². The first-order valence-electron chi connectivity index (χ1n) is 9.72. The molecule has 2 aliphatic heterocycles. The predicted octanol–water partition coefficient (Wildman–Crippen LogP) is 2.24. The highest BCUT2D eigenvalue weighted by Gasteiger charge is 2.32. The second-order valence-electron chi connectivity index (χ2n) is 7.12. The Kier molecular flexibility index (Phi) is 5.53. The van der Waals surface area contributed by atoms with Crippen molar-refractivity contribution in [2.75, 3.05) is 37.6 Å². The van der Waals surface area contributed by atoms with E-state index in [0.29, 0.717) is 44.2 Å². The fourth-order valence-corrected chi connectivity index (χ4v) is 4.36. The number of thiophene rings is 1. The predicted molar refractivity (Wildman–Crippen MR) is 110 cm³/mol. The van der Waals surface area contributed by atoms with E-state index < -0.39 is 6.10 Å². The third-order valence-corrected chi connectivity index (χ3v) is 6.13. The quantitative estimate of drug-likeness (QED) is 0.771. The number of carbonyl (C=O) groups excluding carboxylic acids is 3. The molecule has 1 aromatic carbocycles. The summed E-state index contributed by atoms with van der Waals surface area (Å²) >= 11 is 1.43. The minimum absolute atomic E-state index is 0.00218. The Morgan fingerprint density at radius 1 is 1.07 bits per heavy atom. The van der Waals surface area contributed by atoms with Crippen molar-refractivity contribution in [3.05, 3.63) is 46.7 Å². The van der Waals surface area contributed by atoms with Crippen molar-refractivity contribution in [3.63, 3.8) is 0 Å². The third-order valence-electron chi connectivity index (χ3n) is 5.27. The smallest absolute Gasteiger partial charge is 0.267 e. The zero-order valence-corrected chi connectivity index (χ0v) is 17.1. The highest BCUT2D eigenvalue weighted by molar-refractivity contribution is 7.12. The third kappa shape index (κ3) is 3.98. The van der Waals surface area contributed by atoms with E-state index in [1.165, 1.54) is 11.3 Å². The monoisotopic (exact) mass is 413 g/mol. The van der Waals surface area contributed by atoms with Crippen LogP contribution in [0.1, 0.15) is 23.0 Å². The summed E-state index contributed by atoms with van der Waals surface area (Å²) in [5.74, 6) is 0.546. The first-order valence-corrected chi connectivity index (χ1v) is 10.6. The first kappa shape index (κ1) is 19.4. The number of amides is 3. The molecule has 1 saturated heterocycles. The molecule has 29 heavy (non-hydrogen) atoms. The molecule has 0 bridgehead atoms. The van der Waals surface area contributed by atoms with Gasteiger partial charge in [0.15, 0.2) is 6.10 Å². The first-order chi connectivity index (χ1) is 14.0. The largest absolute Gasteiger partial charge is 0.479 e. The van der Waals surface area contributed by atoms with Gasteiger partial charge in [0.1, 0.15) is 5.75 Å². The van der Waals surface area contributed by atoms with Crippen LogP contribution < -0.4 is 9.64 Å². The van der Waals surface area contributed by atoms with E-state index in [1.807, 2.05) is 41.8 Å². The molecule has 0 radical (unpaired) electrons. The average Bonchev–Trinajstić information content (AvgIpc) is 3.28. The summed E-state index contributed by atoms with van der Waals surface area (Å²) in [7, 11) is 0. The highest BCUT2D eigenvalue weighted by atomic mass is 32.1. The van der Waals surface area contributed by atoms with E-state index in [9.17, 15) is 14.4 Å². The molecule has 0 saturated carbocycles. The molecule has 4 rings (SSSR count). The van der Waals surface area contributed by atoms with Gasteiger partial charge in [0.05, 0.1) is 10.6 Å². The zero-order valence-electron chi connectivity index (χ0n) is 16.2. The summed E-state index contributed by atoms with van der Waals surface area (Å²) in [6.45, 7) is 4.12. The Bertz CT molecular complexity index is 906. The highest BCUT2D eigenvalue weighted by Crippen LogP contribution is 2.33. The van der Waals surface area contributed by atoms with E-state index >= 15 is 0 Å². The van der Waals surface area contributed by atoms with Gasteiger partial charge in [-0.15, -0.1) is 11.3 Å². The molecule has 152 valence electrons. The normalized spacial score (nSPS) is 19.0. The summed E-state index contributed by atoms with van der Waals surface area (Å²) in [5, 5.41) is 1.89. The van der Waals surface area contributed by atoms with Gasteiger partial charge in [0.25, 0.3) is 11.8 Å². The molecule has 7 nitrogen and oxygen atoms in total. The fraction of sp³-hybridized carbons (Fsp3) is 0.381. The molecule has 3 heterocycles. The van der Waals surface area contributed by atoms with Crippen LogP contribution in [-0.2, 0) is 9.59 Å². The van der Waals surface area contributed by atoms with E-state index in [2.05, 4.69) is 0 Å². The summed E-state index contributed by atoms with van der Waals surface area (Å²) in [4.78, 5) is 43.6. The van der Waals surface area contributed by atoms with Crippen molar-refractivity contribution in [2.24, 2.45) is 0 Å². The molecule has 1 fully saturated rings. The number of hydrogen-bond acceptors (Lipinski definition) is 5. The van der Waals surface area contributed by atoms with Gasteiger partial charge in [-0.3, -0.25) is 14.4 Å². The zero-order chi connectivity index (χ0) is 20.4. The lowest BCUT2D eigenvalue weighted by Gasteiger charge is -2.36. The lowest BCUT2D eigenvalue weighted by molar-refractivity contribution is -0.132. The van der Waals surface area contributed by atoms with Gasteiger partial charge in [-0.2, -0.15) is 0 Å². The van der Waals surface area contributed by atoms with Crippen LogP contribution in [0.5, 0.6) is 5.75 Å². The van der Waals surface area contributed by atoms with Gasteiger partial charge in [-0.1, -0.05) is 18.2 Å². The maximum Gasteiger partial charge on any atom is 0.267 e. The maximum absolute atomic E-state index is 12.7. The summed E-state index contributed by atoms with van der Waals surface area (Å²) in [6.07, 6.45) is -0.321. The van der Waals surface area contributed by atoms with Crippen molar-refractivity contribution in [1.82, 2.24) is 9.80 Å². The van der Waals surface area contributed by atoms with Crippen molar-refractivity contribution in [1.29, 1.82) is 0 Å². The Hall–Kier alpha value is -2.87. The number of carbonyl (C=O) groups is 3. The van der Waals surface area contributed by atoms with E-state index in [-0.39, 0.29) is 24.1 Å². The van der Waals surface area contributed by atoms with Crippen LogP contribution in [0.25, 0.3) is 0 Å². The van der Waals surface area contributed by atoms with Gasteiger partial charge >= 0.3 is 0 Å². The Labute approximate surface area is 173 Å². The van der Waals surface area contributed by atoms with Crippen LogP contribution in [-0.4, -0.2) is 66.3 Å². The number of rotatable bonds is 4. The molecular weight excluding hydrogens is 390 g/mol. The van der Waals surface area contributed by atoms with Crippen LogP contribution in [0.2, 0.25) is 0 Å². The minimum Gasteiger partial charge on any atom is -0.479 e. The lowest BCUT2D eigenvalue weighted by Crippen LogP contribution is -2.51. The molecule has 0 aliphatic carbocycles. The van der Waals surface area contributed by atoms with Crippen molar-refractivity contribution in [3.8, 4) is 5.75 Å². The molecule has 0 spiro atoms. The number of benzene rings is 1. The van der Waals surface area contributed by atoms with E-state index in [0.717, 1.165) is 4.88 Å². The molecule has 0 unspecified atom stereocenters. The van der Waals surface area contributed by atoms with Crippen molar-refractivity contribution >= 4 is 34.7 Å². The SMILES string of the molecule is C[C@@H]1Oc2ccccc2N(CCC(=O)N2CCN(C(=O)c3cccs3)CC2)C1=O. The van der Waals surface area contributed by atoms with Gasteiger partial charge < -0.3 is 19.4 Å². The molecule has 8 heteroatoms. The lowest BCUT2D eigenvalue weighted by atomic mass is 10.1. The molecular formula is C21H23N3O4S. The second kappa shape index (κ2) is 8.24. The molecule has 1 atom stereocenters.